The van der Waals surface area contributed by atoms with Gasteiger partial charge in [-0.3, -0.25) is 0 Å². The van der Waals surface area contributed by atoms with Crippen molar-refractivity contribution in [2.24, 2.45) is 0 Å². The summed E-state index contributed by atoms with van der Waals surface area (Å²) in [5.74, 6) is -0.302. The van der Waals surface area contributed by atoms with Crippen molar-refractivity contribution in [2.45, 2.75) is 18.8 Å². The summed E-state index contributed by atoms with van der Waals surface area (Å²) in [7, 11) is 0. The van der Waals surface area contributed by atoms with Crippen LogP contribution >= 0.6 is 11.3 Å². The molecule has 9 heteroatoms. The molecule has 4 rings (SSSR count). The molecule has 0 spiro atoms. The van der Waals surface area contributed by atoms with Crippen LogP contribution in [0.3, 0.4) is 0 Å². The molecule has 1 fully saturated rings. The Morgan fingerprint density at radius 2 is 2.00 bits per heavy atom. The van der Waals surface area contributed by atoms with Gasteiger partial charge < -0.3 is 27.3 Å². The minimum atomic E-state index is -1.01. The van der Waals surface area contributed by atoms with Crippen LogP contribution in [-0.4, -0.2) is 78.7 Å². The Bertz CT molecular complexity index is 1030. The summed E-state index contributed by atoms with van der Waals surface area (Å²) in [5.41, 5.74) is 2.82. The molecule has 0 aliphatic carbocycles. The molecule has 1 saturated heterocycles. The van der Waals surface area contributed by atoms with E-state index in [1.54, 1.807) is 0 Å². The molecule has 0 bridgehead atoms. The molecule has 0 amide bonds. The van der Waals surface area contributed by atoms with E-state index in [9.17, 15) is 9.90 Å². The molecule has 0 radical (unpaired) electrons. The molecule has 2 N–H and O–H groups in total. The third kappa shape index (κ3) is 5.84. The van der Waals surface area contributed by atoms with Gasteiger partial charge in [0.1, 0.15) is 29.6 Å². The molecule has 7 nitrogen and oxygen atoms in total. The molecule has 1 aliphatic rings. The van der Waals surface area contributed by atoms with Gasteiger partial charge in [-0.1, -0.05) is 30.3 Å². The summed E-state index contributed by atoms with van der Waals surface area (Å²) in [5, 5.41) is 20.8. The second kappa shape index (κ2) is 10.9. The summed E-state index contributed by atoms with van der Waals surface area (Å²) in [6.07, 6.45) is 0. The average Bonchev–Trinajstić information content (AvgIpc) is 3.22. The van der Waals surface area contributed by atoms with Crippen LogP contribution in [0.1, 0.15) is 19.7 Å². The van der Waals surface area contributed by atoms with Crippen LogP contribution in [-0.2, 0) is 33.1 Å². The van der Waals surface area contributed by atoms with Crippen molar-refractivity contribution in [1.82, 2.24) is 4.98 Å². The van der Waals surface area contributed by atoms with E-state index in [1.165, 1.54) is 11.3 Å². The zero-order chi connectivity index (χ0) is 21.0. The van der Waals surface area contributed by atoms with Crippen molar-refractivity contribution in [2.75, 3.05) is 19.8 Å². The summed E-state index contributed by atoms with van der Waals surface area (Å²) in [6, 6.07) is 15.4. The van der Waals surface area contributed by atoms with Crippen LogP contribution in [0.15, 0.2) is 53.9 Å². The molecule has 1 aromatic heterocycles. The fourth-order valence-corrected chi connectivity index (χ4v) is 3.96. The Labute approximate surface area is 216 Å². The number of hydrogen-bond acceptors (Lipinski definition) is 7. The Kier molecular flexibility index (Phi) is 8.46. The number of aliphatic hydroxyl groups is 1. The zero-order valence-electron chi connectivity index (χ0n) is 18.8. The number of rotatable bonds is 9. The van der Waals surface area contributed by atoms with E-state index in [2.05, 4.69) is 4.98 Å². The van der Waals surface area contributed by atoms with Crippen molar-refractivity contribution in [3.8, 4) is 16.3 Å². The second-order valence-electron chi connectivity index (χ2n) is 6.99. The molecular formula is C22H23CaNO6S. The third-order valence-electron chi connectivity index (χ3n) is 4.82. The summed E-state index contributed by atoms with van der Waals surface area (Å²) >= 11 is 1.50. The van der Waals surface area contributed by atoms with E-state index >= 15 is 0 Å². The van der Waals surface area contributed by atoms with E-state index in [1.807, 2.05) is 53.9 Å². The topological polar surface area (TPSA) is 98.1 Å². The van der Waals surface area contributed by atoms with E-state index in [4.69, 9.17) is 19.3 Å². The van der Waals surface area contributed by atoms with Crippen LogP contribution < -0.4 is 4.74 Å². The molecule has 0 atom stereocenters. The second-order valence-corrected chi connectivity index (χ2v) is 7.84. The van der Waals surface area contributed by atoms with Gasteiger partial charge >= 0.3 is 43.7 Å². The predicted molar refractivity (Wildman–Crippen MR) is 118 cm³/mol. The van der Waals surface area contributed by atoms with E-state index in [0.717, 1.165) is 21.7 Å². The van der Waals surface area contributed by atoms with E-state index in [0.29, 0.717) is 31.3 Å². The molecule has 0 saturated carbocycles. The molecule has 31 heavy (non-hydrogen) atoms. The summed E-state index contributed by atoms with van der Waals surface area (Å²) in [6.45, 7) is 0.639. The maximum absolute atomic E-state index is 10.8. The Morgan fingerprint density at radius 1 is 1.23 bits per heavy atom. The number of hydrogen-bond donors (Lipinski definition) is 2. The molecule has 160 valence electrons. The third-order valence-corrected chi connectivity index (χ3v) is 5.76. The van der Waals surface area contributed by atoms with Gasteiger partial charge in [0.05, 0.1) is 25.5 Å². The van der Waals surface area contributed by atoms with Crippen LogP contribution in [0.4, 0.5) is 0 Å². The van der Waals surface area contributed by atoms with Gasteiger partial charge in [-0.25, -0.2) is 9.78 Å². The van der Waals surface area contributed by atoms with Gasteiger partial charge in [-0.15, -0.1) is 11.3 Å². The number of aromatic nitrogens is 1. The Balaban J connectivity index is 0.00000181. The molecule has 2 aromatic carbocycles. The molecule has 3 aromatic rings. The number of ether oxygens (including phenoxy) is 3. The van der Waals surface area contributed by atoms with Gasteiger partial charge in [-0.2, -0.15) is 0 Å². The number of aliphatic hydroxyl groups excluding tert-OH is 1. The smallest absolute Gasteiger partial charge is 1.00 e. The van der Waals surface area contributed by atoms with E-state index in [-0.39, 0.29) is 53.8 Å². The van der Waals surface area contributed by atoms with Crippen LogP contribution in [0.25, 0.3) is 10.6 Å². The normalized spacial score (nSPS) is 14.4. The Hall–Kier alpha value is -1.52. The maximum Gasteiger partial charge on any atom is 2.00 e. The number of carboxylic acids is 1. The van der Waals surface area contributed by atoms with Crippen LogP contribution in [0.2, 0.25) is 0 Å². The van der Waals surface area contributed by atoms with Crippen LogP contribution in [0, 0.1) is 0 Å². The van der Waals surface area contributed by atoms with Gasteiger partial charge in [0.25, 0.3) is 0 Å². The number of thiazole rings is 1. The van der Waals surface area contributed by atoms with Gasteiger partial charge in [0, 0.05) is 10.9 Å². The standard InChI is InChI=1S/C22H21NO6S.Ca.2H/c24-9-18-12-30-21(23-18)16-3-1-2-15(8-16)10-28-19-6-4-17(5-7-19)22(13-27-14-22)29-11-20(25)26;;;/h1-8,12,24H,9-11,13-14H2,(H,25,26);;;/q;+2;2*-1. The number of nitrogens with zero attached hydrogens (tertiary/aromatic N) is 1. The summed E-state index contributed by atoms with van der Waals surface area (Å²) in [4.78, 5) is 15.2. The zero-order valence-corrected chi connectivity index (χ0v) is 19.8. The number of aliphatic carboxylic acids is 1. The first-order valence-corrected chi connectivity index (χ1v) is 10.3. The fourth-order valence-electron chi connectivity index (χ4n) is 3.15. The van der Waals surface area contributed by atoms with Crippen molar-refractivity contribution in [1.29, 1.82) is 0 Å². The maximum atomic E-state index is 10.8. The fraction of sp³-hybridized carbons (Fsp3) is 0.273. The first-order valence-electron chi connectivity index (χ1n) is 9.39. The average molecular weight is 470 g/mol. The molecule has 1 aliphatic heterocycles. The molecule has 0 unspecified atom stereocenters. The number of carbonyl (C=O) groups is 1. The molecular weight excluding hydrogens is 446 g/mol. The van der Waals surface area contributed by atoms with Gasteiger partial charge in [0.2, 0.25) is 0 Å². The van der Waals surface area contributed by atoms with Crippen molar-refractivity contribution >= 4 is 55.0 Å². The van der Waals surface area contributed by atoms with Crippen molar-refractivity contribution < 1.29 is 32.1 Å². The van der Waals surface area contributed by atoms with Gasteiger partial charge in [-0.05, 0) is 29.3 Å². The minimum absolute atomic E-state index is 0. The first kappa shape index (κ1) is 24.1. The number of carboxylic acid groups (broad SMARTS) is 1. The first-order chi connectivity index (χ1) is 14.6. The molecule has 2 heterocycles. The monoisotopic (exact) mass is 469 g/mol. The van der Waals surface area contributed by atoms with Crippen LogP contribution in [0.5, 0.6) is 5.75 Å². The van der Waals surface area contributed by atoms with Crippen molar-refractivity contribution in [3.05, 3.63) is 70.7 Å². The van der Waals surface area contributed by atoms with Crippen molar-refractivity contribution in [3.63, 3.8) is 0 Å². The van der Waals surface area contributed by atoms with E-state index < -0.39 is 11.6 Å². The SMILES string of the molecule is O=C(O)COC1(c2ccc(OCc3cccc(-c4nc(CO)cs4)c3)cc2)COC1.[Ca+2].[H-].[H-]. The minimum Gasteiger partial charge on any atom is -1.00 e. The quantitative estimate of drug-likeness (QED) is 0.465. The summed E-state index contributed by atoms with van der Waals surface area (Å²) < 4.78 is 16.7. The largest absolute Gasteiger partial charge is 2.00 e. The Morgan fingerprint density at radius 3 is 2.61 bits per heavy atom. The van der Waals surface area contributed by atoms with Gasteiger partial charge in [0.15, 0.2) is 0 Å². The predicted octanol–water partition coefficient (Wildman–Crippen LogP) is 3.05. The number of benzene rings is 2.